The summed E-state index contributed by atoms with van der Waals surface area (Å²) < 4.78 is 11.3. The molecule has 5 rings (SSSR count). The molecule has 1 atom stereocenters. The molecule has 4 bridgehead atoms. The Morgan fingerprint density at radius 1 is 1.10 bits per heavy atom. The van der Waals surface area contributed by atoms with E-state index in [9.17, 15) is 0 Å². The molecule has 0 saturated heterocycles. The standard InChI is InChI=1S/C26H39O2.Li/c1-6-7-22(25(2,3)4)21-8-9-24(28-17-27-5)23(13-21)26-14-18-10-19(15-26)12-20(11-18)16-26;/h8,13,18-20,22H,6-7,10-12,14-17H2,1-5H3;/q-1;+1. The second kappa shape index (κ2) is 8.98. The van der Waals surface area contributed by atoms with Crippen LogP contribution in [0.3, 0.4) is 0 Å². The van der Waals surface area contributed by atoms with Crippen LogP contribution in [0.25, 0.3) is 0 Å². The van der Waals surface area contributed by atoms with Crippen molar-refractivity contribution in [1.29, 1.82) is 0 Å². The molecule has 4 saturated carbocycles. The number of methoxy groups -OCH3 is 1. The maximum Gasteiger partial charge on any atom is 1.00 e. The van der Waals surface area contributed by atoms with Crippen molar-refractivity contribution in [2.45, 2.75) is 90.4 Å². The number of benzene rings is 1. The summed E-state index contributed by atoms with van der Waals surface area (Å²) in [5.74, 6) is 4.31. The predicted molar refractivity (Wildman–Crippen MR) is 115 cm³/mol. The van der Waals surface area contributed by atoms with Gasteiger partial charge in [-0.1, -0.05) is 65.7 Å². The molecular weight excluding hydrogens is 351 g/mol. The summed E-state index contributed by atoms with van der Waals surface area (Å²) in [6.45, 7) is 9.76. The zero-order valence-corrected chi connectivity index (χ0v) is 19.6. The first-order valence-corrected chi connectivity index (χ1v) is 11.5. The van der Waals surface area contributed by atoms with E-state index in [0.717, 1.165) is 23.5 Å². The third kappa shape index (κ3) is 4.61. The van der Waals surface area contributed by atoms with Crippen molar-refractivity contribution in [3.8, 4) is 5.75 Å². The molecule has 0 amide bonds. The van der Waals surface area contributed by atoms with Crippen LogP contribution in [0.15, 0.2) is 12.1 Å². The van der Waals surface area contributed by atoms with Crippen molar-refractivity contribution >= 4 is 0 Å². The first-order valence-electron chi connectivity index (χ1n) is 11.5. The van der Waals surface area contributed by atoms with E-state index in [1.165, 1.54) is 62.5 Å². The molecule has 4 aliphatic carbocycles. The Bertz CT molecular complexity index is 655. The van der Waals surface area contributed by atoms with Gasteiger partial charge in [0.15, 0.2) is 6.79 Å². The maximum absolute atomic E-state index is 6.08. The fourth-order valence-electron chi connectivity index (χ4n) is 7.16. The minimum Gasteiger partial charge on any atom is -0.493 e. The van der Waals surface area contributed by atoms with Gasteiger partial charge in [0.2, 0.25) is 0 Å². The second-order valence-electron chi connectivity index (χ2n) is 11.1. The SMILES string of the molecule is CCCC(c1c[c-]c(OCOC)c(C23CC4CC(CC(C4)C2)C3)c1)C(C)(C)C.[Li+]. The van der Waals surface area contributed by atoms with Crippen LogP contribution in [0.1, 0.15) is 96.1 Å². The van der Waals surface area contributed by atoms with E-state index in [0.29, 0.717) is 18.1 Å². The fraction of sp³-hybridized carbons (Fsp3) is 0.769. The monoisotopic (exact) mass is 390 g/mol. The van der Waals surface area contributed by atoms with Gasteiger partial charge in [0.05, 0.1) is 0 Å². The molecule has 0 aliphatic heterocycles. The van der Waals surface area contributed by atoms with Gasteiger partial charge >= 0.3 is 18.9 Å². The summed E-state index contributed by atoms with van der Waals surface area (Å²) in [4.78, 5) is 0. The molecule has 1 unspecified atom stereocenters. The third-order valence-corrected chi connectivity index (χ3v) is 7.88. The minimum atomic E-state index is 0. The molecule has 0 N–H and O–H groups in total. The Morgan fingerprint density at radius 2 is 1.69 bits per heavy atom. The van der Waals surface area contributed by atoms with E-state index in [-0.39, 0.29) is 24.3 Å². The van der Waals surface area contributed by atoms with E-state index in [1.54, 1.807) is 7.11 Å². The van der Waals surface area contributed by atoms with E-state index in [1.807, 2.05) is 0 Å². The summed E-state index contributed by atoms with van der Waals surface area (Å²) in [7, 11) is 1.70. The van der Waals surface area contributed by atoms with Crippen LogP contribution < -0.4 is 23.6 Å². The van der Waals surface area contributed by atoms with Crippen molar-refractivity contribution in [3.05, 3.63) is 29.3 Å². The largest absolute Gasteiger partial charge is 1.00 e. The Kier molecular flexibility index (Phi) is 7.20. The summed E-state index contributed by atoms with van der Waals surface area (Å²) in [6.07, 6.45) is 10.9. The van der Waals surface area contributed by atoms with Gasteiger partial charge < -0.3 is 9.47 Å². The van der Waals surface area contributed by atoms with Crippen LogP contribution >= 0.6 is 0 Å². The van der Waals surface area contributed by atoms with E-state index in [2.05, 4.69) is 45.9 Å². The Hall–Kier alpha value is -0.423. The summed E-state index contributed by atoms with van der Waals surface area (Å²) in [5, 5.41) is 0. The number of hydrogen-bond acceptors (Lipinski definition) is 2. The average molecular weight is 391 g/mol. The van der Waals surface area contributed by atoms with Gasteiger partial charge in [-0.2, -0.15) is 17.7 Å². The van der Waals surface area contributed by atoms with Crippen LogP contribution in [0, 0.1) is 29.2 Å². The molecule has 2 nitrogen and oxygen atoms in total. The molecule has 0 radical (unpaired) electrons. The van der Waals surface area contributed by atoms with Crippen LogP contribution in [0.4, 0.5) is 0 Å². The third-order valence-electron chi connectivity index (χ3n) is 7.88. The van der Waals surface area contributed by atoms with Gasteiger partial charge in [-0.25, -0.2) is 0 Å². The molecule has 0 heterocycles. The molecule has 3 heteroatoms. The second-order valence-corrected chi connectivity index (χ2v) is 11.1. The normalized spacial score (nSPS) is 31.4. The number of hydrogen-bond donors (Lipinski definition) is 0. The molecule has 4 aliphatic rings. The van der Waals surface area contributed by atoms with Crippen LogP contribution in [0.5, 0.6) is 5.75 Å². The molecule has 156 valence electrons. The summed E-state index contributed by atoms with van der Waals surface area (Å²) in [6, 6.07) is 8.31. The Morgan fingerprint density at radius 3 is 2.17 bits per heavy atom. The van der Waals surface area contributed by atoms with Gasteiger partial charge in [-0.05, 0) is 47.8 Å². The van der Waals surface area contributed by atoms with Crippen LogP contribution in [-0.4, -0.2) is 13.9 Å². The number of ether oxygens (including phenoxy) is 2. The van der Waals surface area contributed by atoms with Crippen LogP contribution in [0.2, 0.25) is 0 Å². The molecule has 1 aromatic carbocycles. The Balaban J connectivity index is 0.00000240. The number of rotatable bonds is 7. The van der Waals surface area contributed by atoms with Crippen molar-refractivity contribution < 1.29 is 28.3 Å². The first-order chi connectivity index (χ1) is 13.3. The van der Waals surface area contributed by atoms with Crippen molar-refractivity contribution in [2.24, 2.45) is 23.2 Å². The fourth-order valence-corrected chi connectivity index (χ4v) is 7.16. The minimum absolute atomic E-state index is 0. The van der Waals surface area contributed by atoms with Gasteiger partial charge in [0, 0.05) is 12.9 Å². The predicted octanol–water partition coefficient (Wildman–Crippen LogP) is 3.87. The molecule has 1 aromatic rings. The zero-order valence-electron chi connectivity index (χ0n) is 19.6. The van der Waals surface area contributed by atoms with E-state index < -0.39 is 0 Å². The van der Waals surface area contributed by atoms with Gasteiger partial charge in [-0.15, -0.1) is 11.6 Å². The van der Waals surface area contributed by atoms with Crippen molar-refractivity contribution in [1.82, 2.24) is 0 Å². The topological polar surface area (TPSA) is 18.5 Å². The maximum atomic E-state index is 6.08. The van der Waals surface area contributed by atoms with E-state index >= 15 is 0 Å². The zero-order chi connectivity index (χ0) is 19.9. The molecule has 29 heavy (non-hydrogen) atoms. The smallest absolute Gasteiger partial charge is 0.493 e. The van der Waals surface area contributed by atoms with Gasteiger partial charge in [0.25, 0.3) is 0 Å². The summed E-state index contributed by atoms with van der Waals surface area (Å²) >= 11 is 0. The molecule has 0 aromatic heterocycles. The quantitative estimate of drug-likeness (QED) is 0.400. The Labute approximate surface area is 190 Å². The molecular formula is C26H39LiO2. The molecule has 4 fully saturated rings. The van der Waals surface area contributed by atoms with Crippen LogP contribution in [-0.2, 0) is 10.2 Å². The van der Waals surface area contributed by atoms with Gasteiger partial charge in [0.1, 0.15) is 0 Å². The summed E-state index contributed by atoms with van der Waals surface area (Å²) in [5.41, 5.74) is 3.49. The van der Waals surface area contributed by atoms with Crippen molar-refractivity contribution in [3.63, 3.8) is 0 Å². The first kappa shape index (κ1) is 23.2. The molecule has 0 spiro atoms. The van der Waals surface area contributed by atoms with Crippen molar-refractivity contribution in [2.75, 3.05) is 13.9 Å². The van der Waals surface area contributed by atoms with Gasteiger partial charge in [-0.3, -0.25) is 0 Å². The van der Waals surface area contributed by atoms with E-state index in [4.69, 9.17) is 9.47 Å². The average Bonchev–Trinajstić information content (AvgIpc) is 2.62.